The van der Waals surface area contributed by atoms with Crippen molar-refractivity contribution in [3.05, 3.63) is 35.5 Å². The van der Waals surface area contributed by atoms with Crippen molar-refractivity contribution in [1.82, 2.24) is 5.16 Å². The molecule has 1 heterocycles. The van der Waals surface area contributed by atoms with Crippen LogP contribution in [-0.4, -0.2) is 21.3 Å². The summed E-state index contributed by atoms with van der Waals surface area (Å²) in [5.41, 5.74) is 0.334. The number of halogens is 1. The van der Waals surface area contributed by atoms with Crippen LogP contribution in [0.3, 0.4) is 0 Å². The van der Waals surface area contributed by atoms with Gasteiger partial charge in [0.2, 0.25) is 0 Å². The van der Waals surface area contributed by atoms with E-state index in [4.69, 9.17) is 9.63 Å². The topological polar surface area (TPSA) is 83.6 Å². The van der Waals surface area contributed by atoms with Gasteiger partial charge in [-0.15, -0.1) is 0 Å². The zero-order chi connectivity index (χ0) is 13.3. The summed E-state index contributed by atoms with van der Waals surface area (Å²) in [5.74, 6) is -1.16. The fourth-order valence-corrected chi connectivity index (χ4v) is 1.54. The first-order valence-corrected chi connectivity index (χ1v) is 5.16. The molecule has 0 saturated heterocycles. The lowest BCUT2D eigenvalue weighted by Crippen LogP contribution is -1.94. The number of carboxylic acids is 1. The zero-order valence-electron chi connectivity index (χ0n) is 9.42. The molecule has 1 unspecified atom stereocenters. The summed E-state index contributed by atoms with van der Waals surface area (Å²) >= 11 is 0. The van der Waals surface area contributed by atoms with Gasteiger partial charge in [0.05, 0.1) is 0 Å². The number of hydrogen-bond acceptors (Lipinski definition) is 4. The van der Waals surface area contributed by atoms with E-state index >= 15 is 0 Å². The van der Waals surface area contributed by atoms with Crippen LogP contribution >= 0.6 is 0 Å². The SMILES string of the molecule is CC(F)c1cc(-c2cc(C(=O)O)no2)ccc1O. The van der Waals surface area contributed by atoms with E-state index in [-0.39, 0.29) is 22.8 Å². The van der Waals surface area contributed by atoms with Gasteiger partial charge in [0.15, 0.2) is 11.5 Å². The highest BCUT2D eigenvalue weighted by Crippen LogP contribution is 2.31. The molecule has 0 bridgehead atoms. The molecule has 0 aliphatic heterocycles. The number of alkyl halides is 1. The molecule has 0 radical (unpaired) electrons. The average molecular weight is 251 g/mol. The predicted octanol–water partition coefficient (Wildman–Crippen LogP) is 2.78. The van der Waals surface area contributed by atoms with Gasteiger partial charge in [0.25, 0.3) is 0 Å². The Hall–Kier alpha value is -2.37. The van der Waals surface area contributed by atoms with E-state index in [0.29, 0.717) is 5.56 Å². The molecule has 2 N–H and O–H groups in total. The Morgan fingerprint density at radius 3 is 2.72 bits per heavy atom. The summed E-state index contributed by atoms with van der Waals surface area (Å²) in [4.78, 5) is 10.7. The smallest absolute Gasteiger partial charge is 0.358 e. The van der Waals surface area contributed by atoms with Crippen LogP contribution in [0.15, 0.2) is 28.8 Å². The van der Waals surface area contributed by atoms with Crippen LogP contribution in [0.4, 0.5) is 4.39 Å². The Morgan fingerprint density at radius 2 is 2.17 bits per heavy atom. The zero-order valence-corrected chi connectivity index (χ0v) is 9.42. The van der Waals surface area contributed by atoms with Gasteiger partial charge in [-0.05, 0) is 25.1 Å². The van der Waals surface area contributed by atoms with Crippen LogP contribution in [0.2, 0.25) is 0 Å². The molecule has 5 nitrogen and oxygen atoms in total. The maximum atomic E-state index is 13.2. The van der Waals surface area contributed by atoms with Crippen LogP contribution in [-0.2, 0) is 0 Å². The first-order chi connectivity index (χ1) is 8.49. The molecule has 0 aliphatic carbocycles. The first kappa shape index (κ1) is 12.1. The van der Waals surface area contributed by atoms with Crippen molar-refractivity contribution in [3.63, 3.8) is 0 Å². The summed E-state index contributed by atoms with van der Waals surface area (Å²) in [6.07, 6.45) is -1.34. The second kappa shape index (κ2) is 4.48. The van der Waals surface area contributed by atoms with Gasteiger partial charge >= 0.3 is 5.97 Å². The van der Waals surface area contributed by atoms with E-state index in [1.807, 2.05) is 0 Å². The van der Waals surface area contributed by atoms with E-state index in [2.05, 4.69) is 5.16 Å². The lowest BCUT2D eigenvalue weighted by atomic mass is 10.0. The number of phenolic OH excluding ortho intramolecular Hbond substituents is 1. The highest BCUT2D eigenvalue weighted by molar-refractivity contribution is 5.86. The van der Waals surface area contributed by atoms with Crippen LogP contribution < -0.4 is 0 Å². The lowest BCUT2D eigenvalue weighted by Gasteiger charge is -2.06. The summed E-state index contributed by atoms with van der Waals surface area (Å²) in [5, 5.41) is 21.5. The molecule has 2 rings (SSSR count). The molecular formula is C12H10FNO4. The number of rotatable bonds is 3. The number of phenols is 1. The minimum atomic E-state index is -1.34. The van der Waals surface area contributed by atoms with Gasteiger partial charge < -0.3 is 14.7 Å². The van der Waals surface area contributed by atoms with Crippen molar-refractivity contribution in [2.24, 2.45) is 0 Å². The molecule has 0 spiro atoms. The molecule has 1 aromatic heterocycles. The van der Waals surface area contributed by atoms with E-state index in [1.165, 1.54) is 31.2 Å². The van der Waals surface area contributed by atoms with E-state index in [9.17, 15) is 14.3 Å². The van der Waals surface area contributed by atoms with Gasteiger partial charge in [-0.3, -0.25) is 0 Å². The van der Waals surface area contributed by atoms with E-state index in [1.54, 1.807) is 0 Å². The Bertz CT molecular complexity index is 592. The van der Waals surface area contributed by atoms with Crippen molar-refractivity contribution in [2.45, 2.75) is 13.1 Å². The van der Waals surface area contributed by atoms with Crippen LogP contribution in [0.1, 0.15) is 29.1 Å². The Morgan fingerprint density at radius 1 is 1.44 bits per heavy atom. The van der Waals surface area contributed by atoms with Crippen molar-refractivity contribution >= 4 is 5.97 Å². The third kappa shape index (κ3) is 2.17. The number of carboxylic acid groups (broad SMARTS) is 1. The van der Waals surface area contributed by atoms with Crippen LogP contribution in [0.25, 0.3) is 11.3 Å². The fraction of sp³-hybridized carbons (Fsp3) is 0.167. The summed E-state index contributed by atoms with van der Waals surface area (Å²) in [6, 6.07) is 5.45. The number of aromatic hydroxyl groups is 1. The minimum Gasteiger partial charge on any atom is -0.508 e. The molecule has 0 aliphatic rings. The number of carbonyl (C=O) groups is 1. The third-order valence-corrected chi connectivity index (χ3v) is 2.47. The average Bonchev–Trinajstić information content (AvgIpc) is 2.78. The molecule has 18 heavy (non-hydrogen) atoms. The van der Waals surface area contributed by atoms with E-state index < -0.39 is 12.1 Å². The van der Waals surface area contributed by atoms with Gasteiger partial charge in [0.1, 0.15) is 11.9 Å². The third-order valence-electron chi connectivity index (χ3n) is 2.47. The summed E-state index contributed by atoms with van der Waals surface area (Å²) < 4.78 is 18.1. The molecule has 0 fully saturated rings. The van der Waals surface area contributed by atoms with Crippen LogP contribution in [0.5, 0.6) is 5.75 Å². The monoisotopic (exact) mass is 251 g/mol. The van der Waals surface area contributed by atoms with E-state index in [0.717, 1.165) is 0 Å². The van der Waals surface area contributed by atoms with Gasteiger partial charge in [-0.25, -0.2) is 9.18 Å². The number of nitrogens with zero attached hydrogens (tertiary/aromatic N) is 1. The Labute approximate surface area is 101 Å². The molecule has 2 aromatic rings. The molecule has 94 valence electrons. The highest BCUT2D eigenvalue weighted by Gasteiger charge is 2.15. The highest BCUT2D eigenvalue weighted by atomic mass is 19.1. The Kier molecular flexibility index (Phi) is 3.01. The molecule has 1 aromatic carbocycles. The predicted molar refractivity (Wildman–Crippen MR) is 60.1 cm³/mol. The van der Waals surface area contributed by atoms with Gasteiger partial charge in [-0.1, -0.05) is 5.16 Å². The second-order valence-corrected chi connectivity index (χ2v) is 3.77. The molecule has 1 atom stereocenters. The maximum absolute atomic E-state index is 13.2. The van der Waals surface area contributed by atoms with Gasteiger partial charge in [-0.2, -0.15) is 0 Å². The van der Waals surface area contributed by atoms with Crippen molar-refractivity contribution < 1.29 is 23.9 Å². The van der Waals surface area contributed by atoms with Gasteiger partial charge in [0, 0.05) is 17.2 Å². The largest absolute Gasteiger partial charge is 0.508 e. The second-order valence-electron chi connectivity index (χ2n) is 3.77. The number of hydrogen-bond donors (Lipinski definition) is 2. The number of benzene rings is 1. The summed E-state index contributed by atoms with van der Waals surface area (Å²) in [7, 11) is 0. The summed E-state index contributed by atoms with van der Waals surface area (Å²) in [6.45, 7) is 1.29. The fourth-order valence-electron chi connectivity index (χ4n) is 1.54. The molecule has 6 heteroatoms. The standard InChI is InChI=1S/C12H10FNO4/c1-6(13)8-4-7(2-3-10(8)15)11-5-9(12(16)17)14-18-11/h2-6,15H,1H3,(H,16,17). The molecule has 0 saturated carbocycles. The molecular weight excluding hydrogens is 241 g/mol. The maximum Gasteiger partial charge on any atom is 0.358 e. The van der Waals surface area contributed by atoms with Crippen LogP contribution in [0, 0.1) is 0 Å². The van der Waals surface area contributed by atoms with Crippen molar-refractivity contribution in [3.8, 4) is 17.1 Å². The normalized spacial score (nSPS) is 12.3. The van der Waals surface area contributed by atoms with Crippen molar-refractivity contribution in [2.75, 3.05) is 0 Å². The quantitative estimate of drug-likeness (QED) is 0.876. The lowest BCUT2D eigenvalue weighted by molar-refractivity contribution is 0.0686. The number of aromatic carboxylic acids is 1. The number of aromatic nitrogens is 1. The molecule has 0 amide bonds. The van der Waals surface area contributed by atoms with Crippen molar-refractivity contribution in [1.29, 1.82) is 0 Å². The minimum absolute atomic E-state index is 0.112. The first-order valence-electron chi connectivity index (χ1n) is 5.16. The Balaban J connectivity index is 2.44.